The molecule has 108 valence electrons. The molecule has 0 radical (unpaired) electrons. The molecule has 20 heavy (non-hydrogen) atoms. The van der Waals surface area contributed by atoms with Gasteiger partial charge in [0.05, 0.1) is 6.04 Å². The molecule has 0 saturated carbocycles. The van der Waals surface area contributed by atoms with Crippen LogP contribution in [0.1, 0.15) is 36.7 Å². The maximum absolute atomic E-state index is 12.3. The van der Waals surface area contributed by atoms with E-state index in [0.717, 1.165) is 9.88 Å². The van der Waals surface area contributed by atoms with E-state index in [1.54, 1.807) is 28.3 Å². The second-order valence-corrected chi connectivity index (χ2v) is 6.57. The van der Waals surface area contributed by atoms with Gasteiger partial charge in [-0.05, 0) is 19.8 Å². The van der Waals surface area contributed by atoms with E-state index in [9.17, 15) is 4.79 Å². The van der Waals surface area contributed by atoms with Crippen molar-refractivity contribution in [2.24, 2.45) is 5.92 Å². The molecule has 0 aromatic carbocycles. The average Bonchev–Trinajstić information content (AvgIpc) is 2.80. The fourth-order valence-electron chi connectivity index (χ4n) is 1.92. The lowest BCUT2D eigenvalue weighted by atomic mass is 10.2. The number of nitrogens with one attached hydrogen (secondary N) is 1. The van der Waals surface area contributed by atoms with E-state index < -0.39 is 0 Å². The largest absolute Gasteiger partial charge is 0.357 e. The Balaban J connectivity index is 2.19. The summed E-state index contributed by atoms with van der Waals surface area (Å²) in [6.45, 7) is 8.87. The number of nitrogens with zero attached hydrogens (tertiary/aromatic N) is 3. The highest BCUT2D eigenvalue weighted by Crippen LogP contribution is 2.21. The van der Waals surface area contributed by atoms with Crippen molar-refractivity contribution in [1.82, 2.24) is 14.5 Å². The van der Waals surface area contributed by atoms with Gasteiger partial charge >= 0.3 is 0 Å². The Hall–Kier alpha value is -1.69. The van der Waals surface area contributed by atoms with Gasteiger partial charge in [-0.3, -0.25) is 4.79 Å². The Labute approximate surface area is 122 Å². The molecule has 0 fully saturated rings. The van der Waals surface area contributed by atoms with Gasteiger partial charge in [-0.15, -0.1) is 11.3 Å². The SMILES string of the molecule is Cc1cnc(C(C)Nc2nccn(CC(C)C)c2=O)s1. The van der Waals surface area contributed by atoms with Crippen LogP contribution in [0.5, 0.6) is 0 Å². The van der Waals surface area contributed by atoms with Crippen LogP contribution in [0.3, 0.4) is 0 Å². The Morgan fingerprint density at radius 1 is 1.35 bits per heavy atom. The molecular weight excluding hydrogens is 272 g/mol. The first-order chi connectivity index (χ1) is 9.47. The summed E-state index contributed by atoms with van der Waals surface area (Å²) in [6.07, 6.45) is 5.23. The molecular formula is C14H20N4OS. The summed E-state index contributed by atoms with van der Waals surface area (Å²) in [7, 11) is 0. The van der Waals surface area contributed by atoms with E-state index in [-0.39, 0.29) is 11.6 Å². The summed E-state index contributed by atoms with van der Waals surface area (Å²) in [5.74, 6) is 0.801. The third-order valence-corrected chi connectivity index (χ3v) is 3.93. The summed E-state index contributed by atoms with van der Waals surface area (Å²) in [5, 5.41) is 4.12. The highest BCUT2D eigenvalue weighted by molar-refractivity contribution is 7.11. The van der Waals surface area contributed by atoms with Gasteiger partial charge < -0.3 is 9.88 Å². The Morgan fingerprint density at radius 3 is 2.70 bits per heavy atom. The number of rotatable bonds is 5. The quantitative estimate of drug-likeness (QED) is 0.920. The van der Waals surface area contributed by atoms with Crippen LogP contribution >= 0.6 is 11.3 Å². The molecule has 0 spiro atoms. The first-order valence-corrected chi connectivity index (χ1v) is 7.53. The van der Waals surface area contributed by atoms with Crippen LogP contribution in [0.2, 0.25) is 0 Å². The topological polar surface area (TPSA) is 59.8 Å². The minimum absolute atomic E-state index is 0.0243. The molecule has 1 N–H and O–H groups in total. The predicted octanol–water partition coefficient (Wildman–Crippen LogP) is 2.84. The van der Waals surface area contributed by atoms with Gasteiger partial charge in [0.25, 0.3) is 5.56 Å². The Morgan fingerprint density at radius 2 is 2.10 bits per heavy atom. The number of aryl methyl sites for hydroxylation is 1. The molecule has 5 nitrogen and oxygen atoms in total. The molecule has 6 heteroatoms. The third-order valence-electron chi connectivity index (χ3n) is 2.84. The summed E-state index contributed by atoms with van der Waals surface area (Å²) >= 11 is 1.63. The van der Waals surface area contributed by atoms with Gasteiger partial charge in [-0.25, -0.2) is 9.97 Å². The van der Waals surface area contributed by atoms with Gasteiger partial charge in [0.2, 0.25) is 0 Å². The second-order valence-electron chi connectivity index (χ2n) is 5.30. The van der Waals surface area contributed by atoms with E-state index in [0.29, 0.717) is 18.3 Å². The Bertz CT molecular complexity index is 632. The summed E-state index contributed by atoms with van der Waals surface area (Å²) in [4.78, 5) is 21.9. The zero-order valence-electron chi connectivity index (χ0n) is 12.3. The van der Waals surface area contributed by atoms with Gasteiger partial charge in [0.1, 0.15) is 5.01 Å². The van der Waals surface area contributed by atoms with E-state index >= 15 is 0 Å². The molecule has 1 unspecified atom stereocenters. The monoisotopic (exact) mass is 292 g/mol. The van der Waals surface area contributed by atoms with Crippen molar-refractivity contribution in [3.05, 3.63) is 38.8 Å². The molecule has 2 aromatic heterocycles. The highest BCUT2D eigenvalue weighted by atomic mass is 32.1. The number of hydrogen-bond acceptors (Lipinski definition) is 5. The standard InChI is InChI=1S/C14H20N4OS/c1-9(2)8-18-6-5-15-12(14(18)19)17-11(4)13-16-7-10(3)20-13/h5-7,9,11H,8H2,1-4H3,(H,15,17). The minimum atomic E-state index is -0.0821. The fourth-order valence-corrected chi connectivity index (χ4v) is 2.70. The lowest BCUT2D eigenvalue weighted by molar-refractivity contribution is 0.509. The van der Waals surface area contributed by atoms with Gasteiger partial charge in [0, 0.05) is 30.0 Å². The maximum Gasteiger partial charge on any atom is 0.293 e. The normalized spacial score (nSPS) is 12.7. The molecule has 1 atom stereocenters. The van der Waals surface area contributed by atoms with Crippen molar-refractivity contribution in [1.29, 1.82) is 0 Å². The van der Waals surface area contributed by atoms with E-state index in [4.69, 9.17) is 0 Å². The van der Waals surface area contributed by atoms with E-state index in [1.165, 1.54) is 0 Å². The summed E-state index contributed by atoms with van der Waals surface area (Å²) in [6, 6.07) is -0.0243. The number of thiazole rings is 1. The average molecular weight is 292 g/mol. The zero-order valence-corrected chi connectivity index (χ0v) is 13.1. The molecule has 2 heterocycles. The predicted molar refractivity (Wildman–Crippen MR) is 82.2 cm³/mol. The van der Waals surface area contributed by atoms with E-state index in [2.05, 4.69) is 29.1 Å². The van der Waals surface area contributed by atoms with E-state index in [1.807, 2.05) is 20.0 Å². The lowest BCUT2D eigenvalue weighted by Crippen LogP contribution is -2.26. The van der Waals surface area contributed by atoms with Crippen molar-refractivity contribution in [2.75, 3.05) is 5.32 Å². The third kappa shape index (κ3) is 3.45. The molecule has 0 amide bonds. The Kier molecular flexibility index (Phi) is 4.54. The summed E-state index contributed by atoms with van der Waals surface area (Å²) in [5.41, 5.74) is -0.0821. The van der Waals surface area contributed by atoms with Crippen LogP contribution in [0.4, 0.5) is 5.82 Å². The highest BCUT2D eigenvalue weighted by Gasteiger charge is 2.13. The van der Waals surface area contributed by atoms with Crippen molar-refractivity contribution < 1.29 is 0 Å². The van der Waals surface area contributed by atoms with Crippen LogP contribution < -0.4 is 10.9 Å². The van der Waals surface area contributed by atoms with Gasteiger partial charge in [0.15, 0.2) is 5.82 Å². The number of aromatic nitrogens is 3. The first kappa shape index (κ1) is 14.7. The molecule has 2 aromatic rings. The molecule has 0 bridgehead atoms. The lowest BCUT2D eigenvalue weighted by Gasteiger charge is -2.13. The zero-order chi connectivity index (χ0) is 14.7. The molecule has 2 rings (SSSR count). The van der Waals surface area contributed by atoms with Crippen molar-refractivity contribution >= 4 is 17.2 Å². The van der Waals surface area contributed by atoms with Crippen LogP contribution in [0.15, 0.2) is 23.4 Å². The summed E-state index contributed by atoms with van der Waals surface area (Å²) < 4.78 is 1.69. The molecule has 0 saturated heterocycles. The molecule has 0 aliphatic rings. The van der Waals surface area contributed by atoms with Crippen molar-refractivity contribution in [3.8, 4) is 0 Å². The number of anilines is 1. The molecule has 0 aliphatic heterocycles. The van der Waals surface area contributed by atoms with Crippen LogP contribution in [-0.4, -0.2) is 14.5 Å². The van der Waals surface area contributed by atoms with Gasteiger partial charge in [-0.1, -0.05) is 13.8 Å². The van der Waals surface area contributed by atoms with Crippen molar-refractivity contribution in [2.45, 2.75) is 40.3 Å². The second kappa shape index (κ2) is 6.17. The maximum atomic E-state index is 12.3. The van der Waals surface area contributed by atoms with Crippen LogP contribution in [0.25, 0.3) is 0 Å². The van der Waals surface area contributed by atoms with Crippen LogP contribution in [0, 0.1) is 12.8 Å². The van der Waals surface area contributed by atoms with Crippen LogP contribution in [-0.2, 0) is 6.54 Å². The number of hydrogen-bond donors (Lipinski definition) is 1. The van der Waals surface area contributed by atoms with Gasteiger partial charge in [-0.2, -0.15) is 0 Å². The fraction of sp³-hybridized carbons (Fsp3) is 0.500. The smallest absolute Gasteiger partial charge is 0.293 e. The van der Waals surface area contributed by atoms with Crippen molar-refractivity contribution in [3.63, 3.8) is 0 Å². The minimum Gasteiger partial charge on any atom is -0.357 e. The molecule has 0 aliphatic carbocycles. The first-order valence-electron chi connectivity index (χ1n) is 6.71.